The van der Waals surface area contributed by atoms with Gasteiger partial charge in [-0.2, -0.15) is 0 Å². The van der Waals surface area contributed by atoms with Crippen LogP contribution in [0.5, 0.6) is 0 Å². The highest BCUT2D eigenvalue weighted by atomic mass is 31.2. The molecule has 0 aromatic carbocycles. The predicted octanol–water partition coefficient (Wildman–Crippen LogP) is 1.87. The minimum Gasteiger partial charge on any atom is -0.292 e. The van der Waals surface area contributed by atoms with Crippen LogP contribution >= 0.6 is 7.72 Å². The molecule has 0 bridgehead atoms. The van der Waals surface area contributed by atoms with Crippen LogP contribution in [0.1, 0.15) is 46.5 Å². The van der Waals surface area contributed by atoms with Gasteiger partial charge in [0.25, 0.3) is 0 Å². The first-order chi connectivity index (χ1) is 6.82. The van der Waals surface area contributed by atoms with Gasteiger partial charge in [0.15, 0.2) is 5.78 Å². The summed E-state index contributed by atoms with van der Waals surface area (Å²) in [5.41, 5.74) is 5.19. The number of unbranched alkanes of at least 4 members (excludes halogenated alkanes) is 1. The van der Waals surface area contributed by atoms with Crippen molar-refractivity contribution in [3.05, 3.63) is 0 Å². The molecule has 0 fully saturated rings. The zero-order valence-corrected chi connectivity index (χ0v) is 10.7. The molecule has 4 N–H and O–H groups in total. The van der Waals surface area contributed by atoms with Gasteiger partial charge in [0, 0.05) is 6.42 Å². The fourth-order valence-corrected chi connectivity index (χ4v) is 2.88. The summed E-state index contributed by atoms with van der Waals surface area (Å²) in [4.78, 5) is 31.0. The highest BCUT2D eigenvalue weighted by molar-refractivity contribution is 7.81. The number of hydrogen-bond acceptors (Lipinski definition) is 4. The zero-order chi connectivity index (χ0) is 12.1. The number of hydrogen-bond donors (Lipinski definition) is 3. The summed E-state index contributed by atoms with van der Waals surface area (Å²) in [5, 5.41) is 0. The Hall–Kier alpha value is -0.0200. The van der Waals surface area contributed by atoms with Crippen molar-refractivity contribution in [2.75, 3.05) is 0 Å². The van der Waals surface area contributed by atoms with Crippen molar-refractivity contribution < 1.29 is 14.6 Å². The van der Waals surface area contributed by atoms with Gasteiger partial charge in [0.1, 0.15) is 0 Å². The van der Waals surface area contributed by atoms with Crippen LogP contribution in [0.15, 0.2) is 0 Å². The molecule has 0 aliphatic carbocycles. The Balaban J connectivity index is 4.30. The van der Waals surface area contributed by atoms with Gasteiger partial charge < -0.3 is 0 Å². The summed E-state index contributed by atoms with van der Waals surface area (Å²) in [6.07, 6.45) is 2.25. The number of carbonyl (C=O) groups excluding carboxylic acids is 1. The summed E-state index contributed by atoms with van der Waals surface area (Å²) in [6, 6.07) is 0. The molecular formula is C10H23NO3P+. The van der Waals surface area contributed by atoms with E-state index < -0.39 is 19.0 Å². The van der Waals surface area contributed by atoms with Gasteiger partial charge in [0.05, 0.1) is 6.42 Å². The molecule has 0 aromatic rings. The fraction of sp³-hybridized carbons (Fsp3) is 0.900. The molecule has 0 heterocycles. The second-order valence-electron chi connectivity index (χ2n) is 4.34. The van der Waals surface area contributed by atoms with E-state index >= 15 is 0 Å². The van der Waals surface area contributed by atoms with Crippen LogP contribution in [0, 0.1) is 5.92 Å². The quantitative estimate of drug-likeness (QED) is 0.589. The lowest BCUT2D eigenvalue weighted by atomic mass is 10.1. The van der Waals surface area contributed by atoms with Crippen molar-refractivity contribution in [2.24, 2.45) is 11.7 Å². The van der Waals surface area contributed by atoms with Crippen molar-refractivity contribution in [1.29, 1.82) is 0 Å². The molecule has 90 valence electrons. The maximum absolute atomic E-state index is 11.5. The summed E-state index contributed by atoms with van der Waals surface area (Å²) in [7, 11) is -3.57. The number of nitrogens with two attached hydrogens (primary N) is 1. The minimum absolute atomic E-state index is 0.225. The smallest absolute Gasteiger partial charge is 0.292 e. The molecule has 0 spiro atoms. The van der Waals surface area contributed by atoms with E-state index in [0.717, 1.165) is 6.42 Å². The van der Waals surface area contributed by atoms with Crippen LogP contribution < -0.4 is 5.73 Å². The van der Waals surface area contributed by atoms with E-state index in [2.05, 4.69) is 0 Å². The largest absolute Gasteiger partial charge is 0.354 e. The molecule has 1 atom stereocenters. The maximum atomic E-state index is 11.5. The van der Waals surface area contributed by atoms with E-state index in [4.69, 9.17) is 5.73 Å². The van der Waals surface area contributed by atoms with Crippen LogP contribution in [-0.4, -0.2) is 21.1 Å². The van der Waals surface area contributed by atoms with Gasteiger partial charge in [-0.25, -0.2) is 14.6 Å². The van der Waals surface area contributed by atoms with Crippen molar-refractivity contribution in [3.63, 3.8) is 0 Å². The van der Waals surface area contributed by atoms with Gasteiger partial charge in [-0.05, 0) is 12.3 Å². The summed E-state index contributed by atoms with van der Waals surface area (Å²) in [6.45, 7) is 5.84. The maximum Gasteiger partial charge on any atom is 0.354 e. The molecule has 0 aliphatic heterocycles. The van der Waals surface area contributed by atoms with Gasteiger partial charge in [0.2, 0.25) is 0 Å². The lowest BCUT2D eigenvalue weighted by Gasteiger charge is -2.18. The summed E-state index contributed by atoms with van der Waals surface area (Å²) in [5.74, 6) is -0.528. The molecular weight excluding hydrogens is 213 g/mol. The average Bonchev–Trinajstić information content (AvgIpc) is 2.12. The molecule has 4 nitrogen and oxygen atoms in total. The minimum atomic E-state index is -3.57. The van der Waals surface area contributed by atoms with Crippen LogP contribution in [-0.2, 0) is 4.79 Å². The van der Waals surface area contributed by atoms with E-state index in [9.17, 15) is 14.6 Å². The van der Waals surface area contributed by atoms with Gasteiger partial charge in [-0.15, -0.1) is 0 Å². The first-order valence-electron chi connectivity index (χ1n) is 5.45. The van der Waals surface area contributed by atoms with E-state index in [1.165, 1.54) is 0 Å². The Morgan fingerprint density at radius 1 is 1.40 bits per heavy atom. The lowest BCUT2D eigenvalue weighted by Crippen LogP contribution is -2.29. The third-order valence-electron chi connectivity index (χ3n) is 2.29. The molecule has 1 unspecified atom stereocenters. The molecule has 0 saturated heterocycles. The average molecular weight is 236 g/mol. The van der Waals surface area contributed by atoms with Crippen molar-refractivity contribution in [2.45, 2.75) is 52.2 Å². The molecule has 0 amide bonds. The predicted molar refractivity (Wildman–Crippen MR) is 63.3 cm³/mol. The van der Waals surface area contributed by atoms with Crippen molar-refractivity contribution in [1.82, 2.24) is 0 Å². The topological polar surface area (TPSA) is 83.5 Å². The monoisotopic (exact) mass is 236 g/mol. The summed E-state index contributed by atoms with van der Waals surface area (Å²) >= 11 is 0. The first-order valence-corrected chi connectivity index (χ1v) is 7.21. The molecule has 15 heavy (non-hydrogen) atoms. The Morgan fingerprint density at radius 3 is 2.33 bits per heavy atom. The zero-order valence-electron chi connectivity index (χ0n) is 9.81. The third-order valence-corrected chi connectivity index (χ3v) is 4.38. The van der Waals surface area contributed by atoms with Crippen LogP contribution in [0.4, 0.5) is 0 Å². The number of carbonyl (C=O) groups is 1. The molecule has 5 heteroatoms. The highest BCUT2D eigenvalue weighted by Crippen LogP contribution is 2.56. The van der Waals surface area contributed by atoms with Crippen molar-refractivity contribution in [3.8, 4) is 0 Å². The second kappa shape index (κ2) is 6.54. The van der Waals surface area contributed by atoms with Crippen LogP contribution in [0.2, 0.25) is 0 Å². The molecule has 0 aromatic heterocycles. The molecule has 0 rings (SSSR count). The van der Waals surface area contributed by atoms with E-state index in [1.54, 1.807) is 0 Å². The molecule has 0 saturated carbocycles. The molecule has 0 radical (unpaired) electrons. The molecule has 0 aliphatic rings. The second-order valence-corrected chi connectivity index (χ2v) is 6.80. The Bertz CT molecular complexity index is 207. The number of rotatable bonds is 7. The Kier molecular flexibility index (Phi) is 6.53. The normalized spacial score (nSPS) is 14.3. The van der Waals surface area contributed by atoms with Gasteiger partial charge >= 0.3 is 13.2 Å². The highest BCUT2D eigenvalue weighted by Gasteiger charge is 2.49. The van der Waals surface area contributed by atoms with Crippen LogP contribution in [0.3, 0.4) is 0 Å². The van der Waals surface area contributed by atoms with Crippen LogP contribution in [0.25, 0.3) is 0 Å². The first kappa shape index (κ1) is 15.0. The van der Waals surface area contributed by atoms with Gasteiger partial charge in [-0.3, -0.25) is 5.73 Å². The van der Waals surface area contributed by atoms with Crippen molar-refractivity contribution >= 4 is 13.2 Å². The fourth-order valence-electron chi connectivity index (χ4n) is 1.31. The van der Waals surface area contributed by atoms with E-state index in [0.29, 0.717) is 12.8 Å². The van der Waals surface area contributed by atoms with E-state index in [-0.39, 0.29) is 12.3 Å². The SMILES string of the molecule is CCCCC(=O)[P+](O)(O)C(N)CC(C)C. The standard InChI is InChI=1S/C10H23NO3P/c1-4-5-6-10(12)15(13,14)9(11)7-8(2)3/h8-9,13-14H,4-7,11H2,1-3H3/q+1. The van der Waals surface area contributed by atoms with Gasteiger partial charge in [-0.1, -0.05) is 27.2 Å². The Morgan fingerprint density at radius 2 is 1.93 bits per heavy atom. The lowest BCUT2D eigenvalue weighted by molar-refractivity contribution is -0.113. The third kappa shape index (κ3) is 5.03. The summed E-state index contributed by atoms with van der Waals surface area (Å²) < 4.78 is 0. The Labute approximate surface area is 92.4 Å². The van der Waals surface area contributed by atoms with E-state index in [1.807, 2.05) is 20.8 Å².